The Morgan fingerprint density at radius 1 is 1.18 bits per heavy atom. The molecule has 0 amide bonds. The Balaban J connectivity index is 1.62. The summed E-state index contributed by atoms with van der Waals surface area (Å²) in [7, 11) is 0. The van der Waals surface area contributed by atoms with E-state index in [0.717, 1.165) is 24.9 Å². The third-order valence-electron chi connectivity index (χ3n) is 4.97. The molecule has 0 atom stereocenters. The molecule has 4 aromatic rings. The number of rotatable bonds is 6. The topological polar surface area (TPSA) is 56.5 Å². The Kier molecular flexibility index (Phi) is 7.51. The van der Waals surface area contributed by atoms with Crippen LogP contribution >= 0.6 is 50.1 Å². The van der Waals surface area contributed by atoms with Crippen molar-refractivity contribution in [2.45, 2.75) is 26.4 Å². The van der Waals surface area contributed by atoms with Crippen LogP contribution in [0, 0.1) is 3.57 Å². The molecule has 0 N–H and O–H groups in total. The molecular weight excluding hydrogens is 617 g/mol. The number of nitrogens with zero attached hydrogens (tertiary/aromatic N) is 3. The monoisotopic (exact) mass is 635 g/mol. The Bertz CT molecular complexity index is 1420. The minimum Gasteiger partial charge on any atom is -0.488 e. The molecular formula is C25H20BrClIN3O2. The molecule has 5 nitrogen and oxygen atoms in total. The summed E-state index contributed by atoms with van der Waals surface area (Å²) in [6.07, 6.45) is 1.67. The first-order valence-electron chi connectivity index (χ1n) is 10.3. The highest BCUT2D eigenvalue weighted by atomic mass is 127. The highest BCUT2D eigenvalue weighted by molar-refractivity contribution is 14.1. The Morgan fingerprint density at radius 2 is 1.97 bits per heavy atom. The van der Waals surface area contributed by atoms with Gasteiger partial charge in [-0.2, -0.15) is 9.78 Å². The number of aromatic nitrogens is 2. The molecule has 8 heteroatoms. The third kappa shape index (κ3) is 5.47. The highest BCUT2D eigenvalue weighted by Gasteiger charge is 2.14. The second-order valence-corrected chi connectivity index (χ2v) is 10.2. The van der Waals surface area contributed by atoms with Gasteiger partial charge in [0.05, 0.1) is 20.7 Å². The maximum absolute atomic E-state index is 13.2. The van der Waals surface area contributed by atoms with Crippen LogP contribution in [0.5, 0.6) is 5.75 Å². The van der Waals surface area contributed by atoms with Crippen LogP contribution in [-0.2, 0) is 6.61 Å². The lowest BCUT2D eigenvalue weighted by atomic mass is 10.2. The lowest BCUT2D eigenvalue weighted by molar-refractivity contribution is 0.304. The van der Waals surface area contributed by atoms with Gasteiger partial charge in [-0.3, -0.25) is 4.79 Å². The fourth-order valence-electron chi connectivity index (χ4n) is 3.26. The van der Waals surface area contributed by atoms with E-state index in [1.165, 1.54) is 4.68 Å². The first-order chi connectivity index (χ1) is 15.8. The van der Waals surface area contributed by atoms with Crippen LogP contribution in [0.4, 0.5) is 0 Å². The number of halogens is 3. The van der Waals surface area contributed by atoms with Crippen LogP contribution in [0.25, 0.3) is 10.9 Å². The predicted octanol–water partition coefficient (Wildman–Crippen LogP) is 7.00. The maximum atomic E-state index is 13.2. The second-order valence-electron chi connectivity index (χ2n) is 7.72. The number of ether oxygens (including phenoxy) is 1. The van der Waals surface area contributed by atoms with Crippen molar-refractivity contribution in [3.05, 3.63) is 101 Å². The van der Waals surface area contributed by atoms with Crippen molar-refractivity contribution in [3.63, 3.8) is 0 Å². The Labute approximate surface area is 218 Å². The molecule has 0 aliphatic heterocycles. The number of benzene rings is 3. The molecule has 0 saturated carbocycles. The third-order valence-corrected chi connectivity index (χ3v) is 6.67. The summed E-state index contributed by atoms with van der Waals surface area (Å²) >= 11 is 11.9. The van der Waals surface area contributed by atoms with Gasteiger partial charge in [0.25, 0.3) is 5.56 Å². The fraction of sp³-hybridized carbons (Fsp3) is 0.160. The zero-order valence-electron chi connectivity index (χ0n) is 17.9. The van der Waals surface area contributed by atoms with Crippen molar-refractivity contribution in [2.24, 2.45) is 5.10 Å². The molecule has 0 fully saturated rings. The first-order valence-corrected chi connectivity index (χ1v) is 12.5. The molecule has 1 heterocycles. The molecule has 0 spiro atoms. The van der Waals surface area contributed by atoms with Crippen molar-refractivity contribution in [1.82, 2.24) is 9.66 Å². The highest BCUT2D eigenvalue weighted by Crippen LogP contribution is 2.24. The lowest BCUT2D eigenvalue weighted by Gasteiger charge is -2.12. The van der Waals surface area contributed by atoms with Gasteiger partial charge >= 0.3 is 0 Å². The number of hydrogen-bond acceptors (Lipinski definition) is 4. The summed E-state index contributed by atoms with van der Waals surface area (Å²) < 4.78 is 9.08. The van der Waals surface area contributed by atoms with Crippen molar-refractivity contribution in [1.29, 1.82) is 0 Å². The standard InChI is InChI=1S/C25H20BrClIN3O2/c1-15(2)24-30-22-9-8-18(26)12-19(22)25(32)31(24)29-13-16-7-10-23(21(28)11-16)33-14-17-5-3-4-6-20(17)27/h3-13,15H,14H2,1-2H3. The summed E-state index contributed by atoms with van der Waals surface area (Å²) in [6, 6.07) is 18.8. The van der Waals surface area contributed by atoms with Gasteiger partial charge in [0, 0.05) is 21.0 Å². The summed E-state index contributed by atoms with van der Waals surface area (Å²) in [4.78, 5) is 17.8. The average molecular weight is 637 g/mol. The van der Waals surface area contributed by atoms with Gasteiger partial charge in [-0.05, 0) is 70.6 Å². The van der Waals surface area contributed by atoms with E-state index in [-0.39, 0.29) is 11.5 Å². The normalized spacial score (nSPS) is 11.6. The molecule has 33 heavy (non-hydrogen) atoms. The van der Waals surface area contributed by atoms with Gasteiger partial charge in [0.2, 0.25) is 0 Å². The zero-order chi connectivity index (χ0) is 23.5. The zero-order valence-corrected chi connectivity index (χ0v) is 22.4. The fourth-order valence-corrected chi connectivity index (χ4v) is 4.51. The number of hydrogen-bond donors (Lipinski definition) is 0. The van der Waals surface area contributed by atoms with Crippen LogP contribution in [-0.4, -0.2) is 15.9 Å². The Hall–Kier alpha value is -2.23. The van der Waals surface area contributed by atoms with E-state index in [1.807, 2.05) is 68.4 Å². The second kappa shape index (κ2) is 10.4. The molecule has 0 unspecified atom stereocenters. The van der Waals surface area contributed by atoms with Gasteiger partial charge in [-0.1, -0.05) is 59.6 Å². The van der Waals surface area contributed by atoms with Gasteiger partial charge in [0.15, 0.2) is 0 Å². The molecule has 4 rings (SSSR count). The molecule has 0 aliphatic rings. The maximum Gasteiger partial charge on any atom is 0.282 e. The molecule has 0 radical (unpaired) electrons. The molecule has 1 aromatic heterocycles. The summed E-state index contributed by atoms with van der Waals surface area (Å²) in [5.41, 5.74) is 2.24. The lowest BCUT2D eigenvalue weighted by Crippen LogP contribution is -2.23. The van der Waals surface area contributed by atoms with Gasteiger partial charge < -0.3 is 4.74 Å². The first kappa shape index (κ1) is 23.9. The van der Waals surface area contributed by atoms with E-state index in [1.54, 1.807) is 12.3 Å². The molecule has 0 aliphatic carbocycles. The van der Waals surface area contributed by atoms with Crippen LogP contribution in [0.3, 0.4) is 0 Å². The van der Waals surface area contributed by atoms with Crippen molar-refractivity contribution < 1.29 is 4.74 Å². The number of fused-ring (bicyclic) bond motifs is 1. The summed E-state index contributed by atoms with van der Waals surface area (Å²) in [6.45, 7) is 4.37. The van der Waals surface area contributed by atoms with Crippen LogP contribution in [0.2, 0.25) is 5.02 Å². The van der Waals surface area contributed by atoms with E-state index in [4.69, 9.17) is 16.3 Å². The smallest absolute Gasteiger partial charge is 0.282 e. The van der Waals surface area contributed by atoms with Crippen molar-refractivity contribution in [3.8, 4) is 5.75 Å². The quantitative estimate of drug-likeness (QED) is 0.169. The predicted molar refractivity (Wildman–Crippen MR) is 146 cm³/mol. The van der Waals surface area contributed by atoms with Gasteiger partial charge in [-0.25, -0.2) is 4.98 Å². The van der Waals surface area contributed by atoms with Crippen molar-refractivity contribution >= 4 is 67.2 Å². The average Bonchev–Trinajstić information content (AvgIpc) is 2.79. The van der Waals surface area contributed by atoms with E-state index < -0.39 is 0 Å². The van der Waals surface area contributed by atoms with Gasteiger partial charge in [0.1, 0.15) is 18.2 Å². The van der Waals surface area contributed by atoms with E-state index in [9.17, 15) is 4.79 Å². The summed E-state index contributed by atoms with van der Waals surface area (Å²) in [5.74, 6) is 1.40. The van der Waals surface area contributed by atoms with Gasteiger partial charge in [-0.15, -0.1) is 0 Å². The molecule has 0 saturated heterocycles. The van der Waals surface area contributed by atoms with Crippen LogP contribution in [0.15, 0.2) is 75.0 Å². The van der Waals surface area contributed by atoms with E-state index >= 15 is 0 Å². The Morgan fingerprint density at radius 3 is 2.70 bits per heavy atom. The van der Waals surface area contributed by atoms with E-state index in [0.29, 0.717) is 28.4 Å². The molecule has 3 aromatic carbocycles. The minimum absolute atomic E-state index is 0.0311. The minimum atomic E-state index is -0.198. The van der Waals surface area contributed by atoms with E-state index in [2.05, 4.69) is 48.6 Å². The van der Waals surface area contributed by atoms with Crippen LogP contribution in [0.1, 0.15) is 36.7 Å². The summed E-state index contributed by atoms with van der Waals surface area (Å²) in [5, 5.41) is 5.69. The molecule has 0 bridgehead atoms. The largest absolute Gasteiger partial charge is 0.488 e. The van der Waals surface area contributed by atoms with Crippen molar-refractivity contribution in [2.75, 3.05) is 0 Å². The SMILES string of the molecule is CC(C)c1nc2ccc(Br)cc2c(=O)n1N=Cc1ccc(OCc2ccccc2Cl)c(I)c1. The molecule has 168 valence electrons. The van der Waals surface area contributed by atoms with Crippen LogP contribution < -0.4 is 10.3 Å².